The van der Waals surface area contributed by atoms with Crippen LogP contribution in [0.2, 0.25) is 0 Å². The Bertz CT molecular complexity index is 2030. The van der Waals surface area contributed by atoms with E-state index in [1.54, 1.807) is 12.1 Å². The zero-order valence-electron chi connectivity index (χ0n) is 27.5. The van der Waals surface area contributed by atoms with E-state index in [-0.39, 0.29) is 16.2 Å². The van der Waals surface area contributed by atoms with Gasteiger partial charge in [0, 0.05) is 63.9 Å². The van der Waals surface area contributed by atoms with Crippen molar-refractivity contribution in [2.45, 2.75) is 92.8 Å². The van der Waals surface area contributed by atoms with Crippen molar-refractivity contribution in [2.75, 3.05) is 18.0 Å². The molecule has 0 fully saturated rings. The van der Waals surface area contributed by atoms with E-state index in [0.717, 1.165) is 71.0 Å². The quantitative estimate of drug-likeness (QED) is 0.170. The molecule has 2 aromatic carbocycles. The number of benzene rings is 2. The molecule has 48 heavy (non-hydrogen) atoms. The van der Waals surface area contributed by atoms with Gasteiger partial charge in [-0.25, -0.2) is 8.42 Å². The van der Waals surface area contributed by atoms with Crippen LogP contribution in [0, 0.1) is 0 Å². The summed E-state index contributed by atoms with van der Waals surface area (Å²) < 4.78 is 72.4. The second kappa shape index (κ2) is 12.4. The third-order valence-electron chi connectivity index (χ3n) is 10.5. The summed E-state index contributed by atoms with van der Waals surface area (Å²) in [6, 6.07) is 6.49. The molecule has 0 saturated heterocycles. The van der Waals surface area contributed by atoms with Crippen molar-refractivity contribution in [3.63, 3.8) is 0 Å². The third kappa shape index (κ3) is 5.98. The second-order valence-electron chi connectivity index (χ2n) is 13.9. The van der Waals surface area contributed by atoms with Crippen LogP contribution in [0.25, 0.3) is 0 Å². The molecule has 3 N–H and O–H groups in total. The fraction of sp³-hybridized carbons (Fsp3) is 0.417. The van der Waals surface area contributed by atoms with E-state index in [0.29, 0.717) is 36.8 Å². The number of carboxylic acids is 1. The number of hydrogen-bond acceptors (Lipinski definition) is 7. The highest BCUT2D eigenvalue weighted by molar-refractivity contribution is 7.86. The summed E-state index contributed by atoms with van der Waals surface area (Å²) in [5.41, 5.74) is 5.33. The number of quaternary nitrogens is 1. The number of aryl methyl sites for hydroxylation is 1. The predicted octanol–water partition coefficient (Wildman–Crippen LogP) is 4.84. The Labute approximate surface area is 282 Å². The van der Waals surface area contributed by atoms with Crippen LogP contribution in [-0.4, -0.2) is 50.1 Å². The van der Waals surface area contributed by atoms with E-state index < -0.39 is 37.0 Å². The Hall–Kier alpha value is -3.55. The monoisotopic (exact) mass is 694 g/mol. The Morgan fingerprint density at radius 3 is 2.40 bits per heavy atom. The first-order chi connectivity index (χ1) is 22.5. The first-order valence-electron chi connectivity index (χ1n) is 16.4. The highest BCUT2D eigenvalue weighted by Gasteiger charge is 2.47. The highest BCUT2D eigenvalue weighted by Crippen LogP contribution is 2.53. The van der Waals surface area contributed by atoms with Gasteiger partial charge in [-0.2, -0.15) is 8.42 Å². The maximum absolute atomic E-state index is 12.7. The largest absolute Gasteiger partial charge is 0.744 e. The fourth-order valence-corrected chi connectivity index (χ4v) is 9.94. The van der Waals surface area contributed by atoms with Crippen LogP contribution >= 0.6 is 0 Å². The number of nitrogens with zero attached hydrogens (tertiary/aromatic N) is 1. The van der Waals surface area contributed by atoms with E-state index in [2.05, 4.69) is 11.1 Å². The fourth-order valence-electron chi connectivity index (χ4n) is 8.28. The Balaban J connectivity index is 1.33. The van der Waals surface area contributed by atoms with Crippen molar-refractivity contribution >= 4 is 37.6 Å². The van der Waals surface area contributed by atoms with E-state index in [4.69, 9.17) is 5.11 Å². The molecule has 0 aliphatic carbocycles. The number of carboxylic acid groups (broad SMARTS) is 1. The topological polar surface area (TPSA) is 157 Å². The molecule has 2 aromatic rings. The lowest BCUT2D eigenvalue weighted by atomic mass is 9.69. The molecule has 4 aliphatic heterocycles. The van der Waals surface area contributed by atoms with E-state index >= 15 is 0 Å². The number of carbonyl (C=O) groups is 1. The lowest BCUT2D eigenvalue weighted by molar-refractivity contribution is -0.770. The number of anilines is 1. The van der Waals surface area contributed by atoms with Crippen molar-refractivity contribution in [1.29, 1.82) is 0 Å². The van der Waals surface area contributed by atoms with Gasteiger partial charge >= 0.3 is 5.97 Å². The van der Waals surface area contributed by atoms with Crippen molar-refractivity contribution in [2.24, 2.45) is 0 Å². The maximum Gasteiger partial charge on any atom is 0.303 e. The number of nitrogens with one attached hydrogen (secondary N) is 1. The van der Waals surface area contributed by atoms with Gasteiger partial charge in [0.1, 0.15) is 26.9 Å². The van der Waals surface area contributed by atoms with Gasteiger partial charge in [0.25, 0.3) is 10.1 Å². The standard InChI is InChI=1S/C36H42N2O8S2/c1-35(2)29(38-21-10-11-24-15-17-27(47(41,42)43)31(35)34(24)38)13-7-4-6-12-26-23-37-22-19-25-16-18-28(48(44,45)46)32(33(25)37)36(26,3)20-9-5-8-14-30(39)40/h4,6-7,12-13,15-18,23H,5,8-11,14,19-22H2,1-3H3,(H,39,40)(H,41,42,43)(H,44,45,46)/b7-4+,12-6+,29-13+. The molecule has 0 spiro atoms. The van der Waals surface area contributed by atoms with Crippen molar-refractivity contribution in [1.82, 2.24) is 0 Å². The van der Waals surface area contributed by atoms with Crippen LogP contribution in [0.4, 0.5) is 11.4 Å². The van der Waals surface area contributed by atoms with E-state index in [1.807, 2.05) is 51.2 Å². The van der Waals surface area contributed by atoms with Crippen molar-refractivity contribution in [3.8, 4) is 0 Å². The van der Waals surface area contributed by atoms with Gasteiger partial charge in [0.2, 0.25) is 0 Å². The normalized spacial score (nSPS) is 23.6. The van der Waals surface area contributed by atoms with Gasteiger partial charge in [0.05, 0.1) is 11.4 Å². The number of aliphatic carboxylic acids is 1. The van der Waals surface area contributed by atoms with Crippen LogP contribution in [0.15, 0.2) is 81.9 Å². The van der Waals surface area contributed by atoms with Crippen LogP contribution < -0.4 is 9.80 Å². The lowest BCUT2D eigenvalue weighted by Crippen LogP contribution is -3.02. The average molecular weight is 695 g/mol. The molecule has 0 saturated carbocycles. The molecule has 0 amide bonds. The highest BCUT2D eigenvalue weighted by atomic mass is 32.2. The minimum Gasteiger partial charge on any atom is -0.744 e. The Kier molecular flexibility index (Phi) is 8.87. The predicted molar refractivity (Wildman–Crippen MR) is 181 cm³/mol. The molecular formula is C36H42N2O8S2. The summed E-state index contributed by atoms with van der Waals surface area (Å²) in [4.78, 5) is 14.0. The molecule has 2 atom stereocenters. The maximum atomic E-state index is 12.7. The molecule has 4 heterocycles. The Morgan fingerprint density at radius 1 is 0.958 bits per heavy atom. The zero-order valence-corrected chi connectivity index (χ0v) is 29.1. The van der Waals surface area contributed by atoms with Crippen LogP contribution in [0.3, 0.4) is 0 Å². The molecule has 6 rings (SSSR count). The number of hydrogen-bond donors (Lipinski definition) is 3. The molecule has 0 bridgehead atoms. The SMILES string of the molecule is CC1(CCCCCC(=O)O)C(/C=C/C=C/C=C2/N3CCCc4ccc(S(=O)(=O)[O-])c(c43)C2(C)C)=C[NH+]2CCc3ccc(S(=O)(=O)O)c1c32. The average Bonchev–Trinajstić information content (AvgIpc) is 3.51. The third-order valence-corrected chi connectivity index (χ3v) is 12.3. The number of allylic oxidation sites excluding steroid dienone is 7. The smallest absolute Gasteiger partial charge is 0.303 e. The summed E-state index contributed by atoms with van der Waals surface area (Å²) in [6.07, 6.45) is 16.7. The van der Waals surface area contributed by atoms with Gasteiger partial charge < -0.3 is 14.6 Å². The van der Waals surface area contributed by atoms with Crippen LogP contribution in [-0.2, 0) is 48.7 Å². The first kappa shape index (κ1) is 34.3. The number of unbranched alkanes of at least 4 members (excludes halogenated alkanes) is 2. The Morgan fingerprint density at radius 2 is 1.69 bits per heavy atom. The van der Waals surface area contributed by atoms with Crippen LogP contribution in [0.5, 0.6) is 0 Å². The minimum absolute atomic E-state index is 0.0726. The molecule has 0 radical (unpaired) electrons. The molecular weight excluding hydrogens is 653 g/mol. The molecule has 2 unspecified atom stereocenters. The van der Waals surface area contributed by atoms with Crippen LogP contribution in [0.1, 0.15) is 81.5 Å². The van der Waals surface area contributed by atoms with Crippen molar-refractivity contribution < 1.29 is 40.7 Å². The molecule has 0 aromatic heterocycles. The van der Waals surface area contributed by atoms with Crippen molar-refractivity contribution in [3.05, 3.63) is 94.4 Å². The lowest BCUT2D eigenvalue weighted by Gasteiger charge is -2.37. The zero-order chi connectivity index (χ0) is 34.6. The molecule has 10 nitrogen and oxygen atoms in total. The van der Waals surface area contributed by atoms with Gasteiger partial charge in [0.15, 0.2) is 0 Å². The van der Waals surface area contributed by atoms with E-state index in [1.165, 1.54) is 12.1 Å². The van der Waals surface area contributed by atoms with Gasteiger partial charge in [-0.3, -0.25) is 14.2 Å². The summed E-state index contributed by atoms with van der Waals surface area (Å²) in [7, 11) is -9.19. The summed E-state index contributed by atoms with van der Waals surface area (Å²) in [5.74, 6) is -0.848. The van der Waals surface area contributed by atoms with E-state index in [9.17, 15) is 30.7 Å². The molecule has 256 valence electrons. The minimum atomic E-state index is -4.67. The summed E-state index contributed by atoms with van der Waals surface area (Å²) >= 11 is 0. The molecule has 4 aliphatic rings. The molecule has 12 heteroatoms. The van der Waals surface area contributed by atoms with Gasteiger partial charge in [-0.1, -0.05) is 70.0 Å². The van der Waals surface area contributed by atoms with Gasteiger partial charge in [-0.15, -0.1) is 0 Å². The second-order valence-corrected chi connectivity index (χ2v) is 16.7. The summed E-state index contributed by atoms with van der Waals surface area (Å²) in [5, 5.41) is 9.08. The number of rotatable bonds is 11. The first-order valence-corrected chi connectivity index (χ1v) is 19.3. The summed E-state index contributed by atoms with van der Waals surface area (Å²) in [6.45, 7) is 7.36. The van der Waals surface area contributed by atoms with Gasteiger partial charge in [-0.05, 0) is 49.5 Å².